The molecular weight excluding hydrogens is 298 g/mol. The molecule has 2 atom stereocenters. The lowest BCUT2D eigenvalue weighted by atomic mass is 9.89. The van der Waals surface area contributed by atoms with Crippen LogP contribution in [-0.4, -0.2) is 37.1 Å². The number of likely N-dealkylation sites (tertiary alicyclic amines) is 1. The third kappa shape index (κ3) is 2.57. The first-order chi connectivity index (χ1) is 11.6. The molecule has 1 fully saturated rings. The molecule has 2 aliphatic heterocycles. The summed E-state index contributed by atoms with van der Waals surface area (Å²) in [5.41, 5.74) is 4.48. The van der Waals surface area contributed by atoms with E-state index in [-0.39, 0.29) is 12.1 Å². The fraction of sp³-hybridized carbons (Fsp3) is 0.350. The molecule has 0 saturated carbocycles. The van der Waals surface area contributed by atoms with Crippen LogP contribution in [0.15, 0.2) is 48.5 Å². The van der Waals surface area contributed by atoms with Gasteiger partial charge in [-0.2, -0.15) is 0 Å². The van der Waals surface area contributed by atoms with Crippen LogP contribution in [-0.2, 0) is 0 Å². The van der Waals surface area contributed by atoms with Gasteiger partial charge in [0.2, 0.25) is 0 Å². The number of nitrogens with zero attached hydrogens (tertiary/aromatic N) is 2. The lowest BCUT2D eigenvalue weighted by Crippen LogP contribution is -2.48. The first kappa shape index (κ1) is 15.2. The summed E-state index contributed by atoms with van der Waals surface area (Å²) in [6.07, 6.45) is 1.01. The fourth-order valence-electron chi connectivity index (χ4n) is 4.05. The van der Waals surface area contributed by atoms with Crippen molar-refractivity contribution in [2.45, 2.75) is 25.3 Å². The highest BCUT2D eigenvalue weighted by atomic mass is 16.2. The summed E-state index contributed by atoms with van der Waals surface area (Å²) in [5, 5.41) is 3.06. The Morgan fingerprint density at radius 1 is 1.17 bits per heavy atom. The van der Waals surface area contributed by atoms with Gasteiger partial charge in [-0.05, 0) is 50.7 Å². The molecule has 4 rings (SSSR count). The smallest absolute Gasteiger partial charge is 0.308 e. The first-order valence-electron chi connectivity index (χ1n) is 8.58. The molecule has 2 aromatic carbocycles. The third-order valence-corrected chi connectivity index (χ3v) is 5.20. The molecule has 0 radical (unpaired) electrons. The SMILES string of the molecule is Cc1ccc2c(c1)C1CN(C)CCC1N2C(=O)Nc1ccccc1. The van der Waals surface area contributed by atoms with Gasteiger partial charge in [-0.15, -0.1) is 0 Å². The van der Waals surface area contributed by atoms with E-state index in [1.165, 1.54) is 11.1 Å². The van der Waals surface area contributed by atoms with Crippen molar-refractivity contribution in [1.29, 1.82) is 0 Å². The highest BCUT2D eigenvalue weighted by Gasteiger charge is 2.43. The molecule has 2 heterocycles. The van der Waals surface area contributed by atoms with E-state index in [1.54, 1.807) is 0 Å². The molecule has 1 saturated heterocycles. The predicted octanol–water partition coefficient (Wildman–Crippen LogP) is 3.83. The molecule has 4 heteroatoms. The maximum atomic E-state index is 13.0. The van der Waals surface area contributed by atoms with E-state index in [1.807, 2.05) is 35.2 Å². The first-order valence-corrected chi connectivity index (χ1v) is 8.58. The molecule has 2 aromatic rings. The van der Waals surface area contributed by atoms with E-state index in [9.17, 15) is 4.79 Å². The average molecular weight is 321 g/mol. The van der Waals surface area contributed by atoms with Crippen molar-refractivity contribution in [3.63, 3.8) is 0 Å². The molecule has 2 aliphatic rings. The number of urea groups is 1. The number of fused-ring (bicyclic) bond motifs is 3. The van der Waals surface area contributed by atoms with Crippen molar-refractivity contribution in [3.8, 4) is 0 Å². The molecule has 1 N–H and O–H groups in total. The quantitative estimate of drug-likeness (QED) is 0.866. The topological polar surface area (TPSA) is 35.6 Å². The zero-order valence-electron chi connectivity index (χ0n) is 14.2. The van der Waals surface area contributed by atoms with Crippen molar-refractivity contribution in [2.24, 2.45) is 0 Å². The summed E-state index contributed by atoms with van der Waals surface area (Å²) in [6, 6.07) is 16.4. The highest BCUT2D eigenvalue weighted by molar-refractivity contribution is 6.04. The van der Waals surface area contributed by atoms with Crippen LogP contribution in [0, 0.1) is 6.92 Å². The number of hydrogen-bond acceptors (Lipinski definition) is 2. The lowest BCUT2D eigenvalue weighted by Gasteiger charge is -2.36. The van der Waals surface area contributed by atoms with E-state index >= 15 is 0 Å². The number of hydrogen-bond donors (Lipinski definition) is 1. The molecule has 0 bridgehead atoms. The van der Waals surface area contributed by atoms with Crippen LogP contribution in [0.2, 0.25) is 0 Å². The Morgan fingerprint density at radius 2 is 1.96 bits per heavy atom. The summed E-state index contributed by atoms with van der Waals surface area (Å²) < 4.78 is 0. The number of carbonyl (C=O) groups is 1. The largest absolute Gasteiger partial charge is 0.326 e. The maximum absolute atomic E-state index is 13.0. The van der Waals surface area contributed by atoms with E-state index in [0.29, 0.717) is 5.92 Å². The van der Waals surface area contributed by atoms with Gasteiger partial charge in [0, 0.05) is 29.9 Å². The van der Waals surface area contributed by atoms with Crippen molar-refractivity contribution in [3.05, 3.63) is 59.7 Å². The standard InChI is InChI=1S/C20H23N3O/c1-14-8-9-18-16(12-14)17-13-22(2)11-10-19(17)23(18)20(24)21-15-6-4-3-5-7-15/h3-9,12,17,19H,10-11,13H2,1-2H3,(H,21,24). The zero-order chi connectivity index (χ0) is 16.7. The number of piperidine rings is 1. The minimum absolute atomic E-state index is 0.0247. The average Bonchev–Trinajstić information content (AvgIpc) is 2.89. The number of likely N-dealkylation sites (N-methyl/N-ethyl adjacent to an activating group) is 1. The Balaban J connectivity index is 1.68. The van der Waals surface area contributed by atoms with Crippen LogP contribution < -0.4 is 10.2 Å². The van der Waals surface area contributed by atoms with E-state index in [4.69, 9.17) is 0 Å². The van der Waals surface area contributed by atoms with E-state index < -0.39 is 0 Å². The van der Waals surface area contributed by atoms with E-state index in [2.05, 4.69) is 42.4 Å². The molecule has 124 valence electrons. The molecule has 24 heavy (non-hydrogen) atoms. The van der Waals surface area contributed by atoms with Crippen molar-refractivity contribution in [2.75, 3.05) is 30.4 Å². The molecule has 4 nitrogen and oxygen atoms in total. The lowest BCUT2D eigenvalue weighted by molar-refractivity contribution is 0.224. The maximum Gasteiger partial charge on any atom is 0.326 e. The molecule has 0 aromatic heterocycles. The van der Waals surface area contributed by atoms with Crippen molar-refractivity contribution >= 4 is 17.4 Å². The summed E-state index contributed by atoms with van der Waals surface area (Å²) in [5.74, 6) is 0.403. The number of aryl methyl sites for hydroxylation is 1. The van der Waals surface area contributed by atoms with Crippen LogP contribution in [0.5, 0.6) is 0 Å². The summed E-state index contributed by atoms with van der Waals surface area (Å²) in [6.45, 7) is 4.16. The second-order valence-corrected chi connectivity index (χ2v) is 6.95. The summed E-state index contributed by atoms with van der Waals surface area (Å²) >= 11 is 0. The van der Waals surface area contributed by atoms with Crippen molar-refractivity contribution < 1.29 is 4.79 Å². The van der Waals surface area contributed by atoms with Crippen LogP contribution >= 0.6 is 0 Å². The Bertz CT molecular complexity index is 759. The van der Waals surface area contributed by atoms with Crippen LogP contribution in [0.1, 0.15) is 23.5 Å². The second kappa shape index (κ2) is 5.95. The number of amides is 2. The predicted molar refractivity (Wildman–Crippen MR) is 97.8 cm³/mol. The minimum atomic E-state index is -0.0247. The second-order valence-electron chi connectivity index (χ2n) is 6.95. The Kier molecular flexibility index (Phi) is 3.77. The Morgan fingerprint density at radius 3 is 2.75 bits per heavy atom. The van der Waals surface area contributed by atoms with Gasteiger partial charge in [-0.3, -0.25) is 4.90 Å². The van der Waals surface area contributed by atoms with Gasteiger partial charge < -0.3 is 10.2 Å². The van der Waals surface area contributed by atoms with Gasteiger partial charge in [0.1, 0.15) is 0 Å². The van der Waals surface area contributed by atoms with Gasteiger partial charge in [0.15, 0.2) is 0 Å². The van der Waals surface area contributed by atoms with Gasteiger partial charge in [-0.1, -0.05) is 35.9 Å². The van der Waals surface area contributed by atoms with Crippen LogP contribution in [0.3, 0.4) is 0 Å². The zero-order valence-corrected chi connectivity index (χ0v) is 14.2. The number of rotatable bonds is 1. The monoisotopic (exact) mass is 321 g/mol. The molecule has 0 aliphatic carbocycles. The molecule has 0 spiro atoms. The third-order valence-electron chi connectivity index (χ3n) is 5.20. The molecular formula is C20H23N3O. The van der Waals surface area contributed by atoms with Gasteiger partial charge in [-0.25, -0.2) is 4.79 Å². The normalized spacial score (nSPS) is 22.8. The van der Waals surface area contributed by atoms with Gasteiger partial charge >= 0.3 is 6.03 Å². The number of para-hydroxylation sites is 1. The minimum Gasteiger partial charge on any atom is -0.308 e. The highest BCUT2D eigenvalue weighted by Crippen LogP contribution is 2.45. The number of carbonyl (C=O) groups excluding carboxylic acids is 1. The summed E-state index contributed by atoms with van der Waals surface area (Å²) in [7, 11) is 2.17. The van der Waals surface area contributed by atoms with Crippen LogP contribution in [0.25, 0.3) is 0 Å². The fourth-order valence-corrected chi connectivity index (χ4v) is 4.05. The Hall–Kier alpha value is -2.33. The van der Waals surface area contributed by atoms with Gasteiger partial charge in [0.05, 0.1) is 0 Å². The number of nitrogens with one attached hydrogen (secondary N) is 1. The number of anilines is 2. The van der Waals surface area contributed by atoms with Crippen molar-refractivity contribution in [1.82, 2.24) is 4.90 Å². The molecule has 2 unspecified atom stereocenters. The Labute approximate surface area is 143 Å². The number of benzene rings is 2. The van der Waals surface area contributed by atoms with Gasteiger partial charge in [0.25, 0.3) is 0 Å². The molecule has 2 amide bonds. The summed E-state index contributed by atoms with van der Waals surface area (Å²) in [4.78, 5) is 17.4. The van der Waals surface area contributed by atoms with E-state index in [0.717, 1.165) is 30.9 Å². The van der Waals surface area contributed by atoms with Crippen LogP contribution in [0.4, 0.5) is 16.2 Å².